The summed E-state index contributed by atoms with van der Waals surface area (Å²) >= 11 is 1.79. The molecule has 4 aromatic heterocycles. The summed E-state index contributed by atoms with van der Waals surface area (Å²) in [5.41, 5.74) is 10.7. The van der Waals surface area contributed by atoms with Gasteiger partial charge in [-0.25, -0.2) is 19.9 Å². The molecule has 5 nitrogen and oxygen atoms in total. The van der Waals surface area contributed by atoms with Gasteiger partial charge in [0.2, 0.25) is 0 Å². The van der Waals surface area contributed by atoms with E-state index in [1.54, 1.807) is 11.3 Å². The number of aromatic nitrogens is 5. The van der Waals surface area contributed by atoms with Gasteiger partial charge >= 0.3 is 0 Å². The Morgan fingerprint density at radius 2 is 1.11 bits per heavy atom. The first-order valence-corrected chi connectivity index (χ1v) is 18.7. The average molecular weight is 698 g/mol. The smallest absolute Gasteiger partial charge is 0.165 e. The summed E-state index contributed by atoms with van der Waals surface area (Å²) in [6, 6.07) is 51.4. The lowest BCUT2D eigenvalue weighted by Gasteiger charge is -2.27. The number of benzene rings is 6. The quantitative estimate of drug-likeness (QED) is 0.184. The van der Waals surface area contributed by atoms with Gasteiger partial charge < -0.3 is 0 Å². The Morgan fingerprint density at radius 3 is 1.98 bits per heavy atom. The Hall–Kier alpha value is -6.50. The lowest BCUT2D eigenvalue weighted by Crippen LogP contribution is -2.19. The number of hydrogen-bond donors (Lipinski definition) is 0. The van der Waals surface area contributed by atoms with Crippen molar-refractivity contribution >= 4 is 53.4 Å². The average Bonchev–Trinajstić information content (AvgIpc) is 3.84. The van der Waals surface area contributed by atoms with Crippen molar-refractivity contribution in [1.29, 1.82) is 0 Å². The molecule has 250 valence electrons. The molecule has 0 radical (unpaired) electrons. The SMILES string of the molecule is CC1(C)c2c(-c3nc(-c4ccccc4)nc(-c4cccc5c4sc4ccccc45)n3)cccc2-c2cccc(-n3c4ccccc4c4cccnc43)c21. The number of hydrogen-bond acceptors (Lipinski definition) is 5. The van der Waals surface area contributed by atoms with Crippen LogP contribution in [0.15, 0.2) is 152 Å². The standard InChI is InChI=1S/C47H31N5S/c1-47(2)40-31(32-19-12-25-38(41(32)47)52-37-24-8-6-16-29(37)34-23-13-27-48-46(34)52)18-10-21-35(40)44-49-43(28-14-4-3-5-15-28)50-45(51-44)36-22-11-20-33-30-17-7-9-26-39(30)53-42(33)36/h3-27H,1-2H3. The second-order valence-corrected chi connectivity index (χ2v) is 15.3. The number of para-hydroxylation sites is 1. The van der Waals surface area contributed by atoms with E-state index in [0.717, 1.165) is 38.9 Å². The third kappa shape index (κ3) is 4.36. The molecule has 0 unspecified atom stereocenters. The fourth-order valence-corrected chi connectivity index (χ4v) is 9.88. The van der Waals surface area contributed by atoms with Crippen LogP contribution in [0.5, 0.6) is 0 Å². The van der Waals surface area contributed by atoms with Gasteiger partial charge in [0, 0.05) is 59.2 Å². The fourth-order valence-electron chi connectivity index (χ4n) is 8.67. The molecule has 4 heterocycles. The van der Waals surface area contributed by atoms with E-state index >= 15 is 0 Å². The van der Waals surface area contributed by atoms with E-state index in [1.165, 1.54) is 47.8 Å². The van der Waals surface area contributed by atoms with Crippen LogP contribution in [0.1, 0.15) is 25.0 Å². The number of thiophene rings is 1. The first-order valence-electron chi connectivity index (χ1n) is 17.9. The summed E-state index contributed by atoms with van der Waals surface area (Å²) in [6.07, 6.45) is 1.89. The van der Waals surface area contributed by atoms with Crippen LogP contribution in [0.4, 0.5) is 0 Å². The maximum atomic E-state index is 5.35. The highest BCUT2D eigenvalue weighted by Gasteiger charge is 2.41. The summed E-state index contributed by atoms with van der Waals surface area (Å²) in [5.74, 6) is 2.01. The van der Waals surface area contributed by atoms with Crippen LogP contribution >= 0.6 is 11.3 Å². The zero-order valence-corrected chi connectivity index (χ0v) is 29.9. The van der Waals surface area contributed by atoms with E-state index in [2.05, 4.69) is 140 Å². The van der Waals surface area contributed by atoms with E-state index in [4.69, 9.17) is 19.9 Å². The van der Waals surface area contributed by atoms with Gasteiger partial charge in [-0.3, -0.25) is 4.57 Å². The minimum atomic E-state index is -0.393. The molecule has 6 aromatic carbocycles. The molecule has 0 fully saturated rings. The first-order chi connectivity index (χ1) is 26.1. The van der Waals surface area contributed by atoms with Crippen molar-refractivity contribution in [3.8, 4) is 51.0 Å². The van der Waals surface area contributed by atoms with Crippen molar-refractivity contribution in [1.82, 2.24) is 24.5 Å². The maximum Gasteiger partial charge on any atom is 0.165 e. The molecule has 0 bridgehead atoms. The maximum absolute atomic E-state index is 5.35. The van der Waals surface area contributed by atoms with Crippen molar-refractivity contribution in [3.05, 3.63) is 163 Å². The fraction of sp³-hybridized carbons (Fsp3) is 0.0638. The summed E-state index contributed by atoms with van der Waals surface area (Å²) in [7, 11) is 0. The molecule has 6 heteroatoms. The van der Waals surface area contributed by atoms with Crippen LogP contribution in [-0.4, -0.2) is 24.5 Å². The summed E-state index contributed by atoms with van der Waals surface area (Å²) in [4.78, 5) is 20.7. The molecule has 0 atom stereocenters. The van der Waals surface area contributed by atoms with E-state index < -0.39 is 5.41 Å². The van der Waals surface area contributed by atoms with Gasteiger partial charge in [0.15, 0.2) is 17.5 Å². The Labute approximate surface area is 309 Å². The molecular weight excluding hydrogens is 667 g/mol. The second kappa shape index (κ2) is 11.2. The summed E-state index contributed by atoms with van der Waals surface area (Å²) in [6.45, 7) is 4.67. The number of nitrogens with zero attached hydrogens (tertiary/aromatic N) is 5. The number of pyridine rings is 1. The van der Waals surface area contributed by atoms with Crippen molar-refractivity contribution in [3.63, 3.8) is 0 Å². The summed E-state index contributed by atoms with van der Waals surface area (Å²) in [5, 5.41) is 4.81. The van der Waals surface area contributed by atoms with E-state index in [9.17, 15) is 0 Å². The van der Waals surface area contributed by atoms with Crippen LogP contribution in [0.25, 0.3) is 93.1 Å². The Bertz CT molecular complexity index is 3050. The third-order valence-corrected chi connectivity index (χ3v) is 12.1. The van der Waals surface area contributed by atoms with Gasteiger partial charge in [0.1, 0.15) is 5.65 Å². The van der Waals surface area contributed by atoms with Crippen LogP contribution in [0.3, 0.4) is 0 Å². The van der Waals surface area contributed by atoms with E-state index in [0.29, 0.717) is 17.5 Å². The predicted molar refractivity (Wildman–Crippen MR) is 219 cm³/mol. The second-order valence-electron chi connectivity index (χ2n) is 14.2. The van der Waals surface area contributed by atoms with E-state index in [1.807, 2.05) is 30.5 Å². The molecule has 53 heavy (non-hydrogen) atoms. The molecule has 0 amide bonds. The number of rotatable bonds is 4. The van der Waals surface area contributed by atoms with Crippen molar-refractivity contribution in [2.75, 3.05) is 0 Å². The minimum Gasteiger partial charge on any atom is -0.294 e. The Kier molecular flexibility index (Phi) is 6.40. The molecule has 0 spiro atoms. The van der Waals surface area contributed by atoms with Gasteiger partial charge in [0.05, 0.1) is 11.2 Å². The molecule has 10 aromatic rings. The van der Waals surface area contributed by atoms with Gasteiger partial charge in [-0.1, -0.05) is 123 Å². The highest BCUT2D eigenvalue weighted by molar-refractivity contribution is 7.26. The zero-order chi connectivity index (χ0) is 35.3. The molecule has 0 saturated heterocycles. The van der Waals surface area contributed by atoms with Crippen LogP contribution in [0, 0.1) is 0 Å². The molecule has 0 N–H and O–H groups in total. The Morgan fingerprint density at radius 1 is 0.491 bits per heavy atom. The predicted octanol–water partition coefficient (Wildman–Crippen LogP) is 12.0. The molecule has 1 aliphatic carbocycles. The van der Waals surface area contributed by atoms with Crippen LogP contribution < -0.4 is 0 Å². The van der Waals surface area contributed by atoms with Gasteiger partial charge in [0.25, 0.3) is 0 Å². The van der Waals surface area contributed by atoms with Crippen molar-refractivity contribution in [2.24, 2.45) is 0 Å². The Balaban J connectivity index is 1.15. The van der Waals surface area contributed by atoms with Crippen LogP contribution in [-0.2, 0) is 5.41 Å². The highest BCUT2D eigenvalue weighted by atomic mass is 32.1. The van der Waals surface area contributed by atoms with Gasteiger partial charge in [-0.05, 0) is 58.7 Å². The normalized spacial score (nSPS) is 13.2. The van der Waals surface area contributed by atoms with E-state index in [-0.39, 0.29) is 0 Å². The van der Waals surface area contributed by atoms with Crippen molar-refractivity contribution < 1.29 is 0 Å². The number of fused-ring (bicyclic) bond motifs is 9. The van der Waals surface area contributed by atoms with Crippen LogP contribution in [0.2, 0.25) is 0 Å². The lowest BCUT2D eigenvalue weighted by molar-refractivity contribution is 0.657. The summed E-state index contributed by atoms with van der Waals surface area (Å²) < 4.78 is 4.78. The molecule has 0 saturated carbocycles. The molecule has 11 rings (SSSR count). The largest absolute Gasteiger partial charge is 0.294 e. The third-order valence-electron chi connectivity index (χ3n) is 10.9. The van der Waals surface area contributed by atoms with Gasteiger partial charge in [-0.15, -0.1) is 11.3 Å². The first kappa shape index (κ1) is 30.2. The lowest BCUT2D eigenvalue weighted by atomic mass is 9.79. The highest BCUT2D eigenvalue weighted by Crippen LogP contribution is 2.54. The minimum absolute atomic E-state index is 0.393. The molecule has 1 aliphatic rings. The molecule has 0 aliphatic heterocycles. The zero-order valence-electron chi connectivity index (χ0n) is 29.1. The monoisotopic (exact) mass is 697 g/mol. The van der Waals surface area contributed by atoms with Gasteiger partial charge in [-0.2, -0.15) is 0 Å². The van der Waals surface area contributed by atoms with Crippen molar-refractivity contribution in [2.45, 2.75) is 19.3 Å². The molecular formula is C47H31N5S. The topological polar surface area (TPSA) is 56.5 Å².